The molecule has 2 saturated heterocycles. The molecule has 3 aliphatic heterocycles. The first-order chi connectivity index (χ1) is 18.6. The molecule has 1 aliphatic carbocycles. The minimum absolute atomic E-state index is 0.123. The number of anilines is 2. The van der Waals surface area contributed by atoms with Crippen LogP contribution in [0.1, 0.15) is 38.5 Å². The second-order valence-electron chi connectivity index (χ2n) is 10.9. The molecule has 2 aromatic rings. The number of aliphatic imine (C=N–C) groups is 1. The van der Waals surface area contributed by atoms with Crippen LogP contribution < -0.4 is 30.7 Å². The molecule has 3 heterocycles. The Morgan fingerprint density at radius 3 is 2.68 bits per heavy atom. The van der Waals surface area contributed by atoms with Crippen molar-refractivity contribution >= 4 is 23.2 Å². The summed E-state index contributed by atoms with van der Waals surface area (Å²) in [5.74, 6) is 3.64. The van der Waals surface area contributed by atoms with E-state index in [0.29, 0.717) is 18.5 Å². The van der Waals surface area contributed by atoms with Crippen molar-refractivity contribution < 1.29 is 14.3 Å². The Bertz CT molecular complexity index is 1160. The minimum Gasteiger partial charge on any atom is -0.454 e. The van der Waals surface area contributed by atoms with E-state index >= 15 is 0 Å². The number of hydrogen-bond donors (Lipinski definition) is 3. The molecule has 38 heavy (non-hydrogen) atoms. The predicted molar refractivity (Wildman–Crippen MR) is 148 cm³/mol. The van der Waals surface area contributed by atoms with Crippen LogP contribution in [0.4, 0.5) is 11.4 Å². The number of carbonyl (C=O) groups excluding carboxylic acids is 1. The average Bonchev–Trinajstić information content (AvgIpc) is 3.56. The van der Waals surface area contributed by atoms with E-state index in [1.54, 1.807) is 0 Å². The van der Waals surface area contributed by atoms with Gasteiger partial charge in [-0.3, -0.25) is 9.79 Å². The number of nitrogens with two attached hydrogens (primary N) is 1. The number of para-hydroxylation sites is 1. The van der Waals surface area contributed by atoms with Gasteiger partial charge in [0.2, 0.25) is 12.7 Å². The molecule has 1 saturated carbocycles. The SMILES string of the molecule is NCC1CCCC(CN=C(Nc2ccc3c(c2)OCO3)N2CCC3(CC2)C(=O)NCN3c2ccccc2)C1. The summed E-state index contributed by atoms with van der Waals surface area (Å²) in [4.78, 5) is 22.8. The van der Waals surface area contributed by atoms with E-state index in [1.807, 2.05) is 36.4 Å². The van der Waals surface area contributed by atoms with Gasteiger partial charge in [-0.25, -0.2) is 0 Å². The van der Waals surface area contributed by atoms with Crippen LogP contribution in [0.5, 0.6) is 11.5 Å². The molecule has 2 unspecified atom stereocenters. The van der Waals surface area contributed by atoms with Gasteiger partial charge in [-0.05, 0) is 74.8 Å². The maximum atomic E-state index is 13.1. The zero-order valence-electron chi connectivity index (χ0n) is 21.9. The number of fused-ring (bicyclic) bond motifs is 1. The van der Waals surface area contributed by atoms with Crippen molar-refractivity contribution in [1.29, 1.82) is 0 Å². The number of hydrogen-bond acceptors (Lipinski definition) is 6. The van der Waals surface area contributed by atoms with Crippen LogP contribution in [0.3, 0.4) is 0 Å². The lowest BCUT2D eigenvalue weighted by atomic mass is 9.81. The van der Waals surface area contributed by atoms with Gasteiger partial charge in [-0.1, -0.05) is 24.6 Å². The van der Waals surface area contributed by atoms with E-state index in [-0.39, 0.29) is 12.7 Å². The van der Waals surface area contributed by atoms with Crippen LogP contribution in [-0.2, 0) is 4.79 Å². The van der Waals surface area contributed by atoms with E-state index in [4.69, 9.17) is 20.2 Å². The summed E-state index contributed by atoms with van der Waals surface area (Å²) in [7, 11) is 0. The summed E-state index contributed by atoms with van der Waals surface area (Å²) in [6, 6.07) is 16.1. The number of nitrogens with one attached hydrogen (secondary N) is 2. The monoisotopic (exact) mass is 518 g/mol. The van der Waals surface area contributed by atoms with Gasteiger partial charge in [0.05, 0.1) is 6.67 Å². The summed E-state index contributed by atoms with van der Waals surface area (Å²) in [6.45, 7) is 3.81. The molecule has 6 rings (SSSR count). The Labute approximate surface area is 224 Å². The van der Waals surface area contributed by atoms with Crippen LogP contribution in [0.2, 0.25) is 0 Å². The van der Waals surface area contributed by atoms with E-state index in [9.17, 15) is 4.79 Å². The summed E-state index contributed by atoms with van der Waals surface area (Å²) >= 11 is 0. The highest BCUT2D eigenvalue weighted by Crippen LogP contribution is 2.37. The Balaban J connectivity index is 1.21. The van der Waals surface area contributed by atoms with Crippen molar-refractivity contribution in [3.63, 3.8) is 0 Å². The number of guanidine groups is 1. The fourth-order valence-electron chi connectivity index (χ4n) is 6.44. The van der Waals surface area contributed by atoms with Gasteiger partial charge in [-0.15, -0.1) is 0 Å². The second-order valence-corrected chi connectivity index (χ2v) is 10.9. The molecule has 4 N–H and O–H groups in total. The van der Waals surface area contributed by atoms with Crippen molar-refractivity contribution in [2.75, 3.05) is 49.9 Å². The maximum absolute atomic E-state index is 13.1. The predicted octanol–water partition coefficient (Wildman–Crippen LogP) is 3.38. The molecule has 9 nitrogen and oxygen atoms in total. The van der Waals surface area contributed by atoms with Crippen LogP contribution in [0.15, 0.2) is 53.5 Å². The number of carbonyl (C=O) groups is 1. The molecule has 3 fully saturated rings. The molecule has 0 bridgehead atoms. The molecule has 9 heteroatoms. The normalized spacial score (nSPS) is 24.6. The van der Waals surface area contributed by atoms with Crippen molar-refractivity contribution in [2.45, 2.75) is 44.1 Å². The molecule has 1 spiro atoms. The third-order valence-corrected chi connectivity index (χ3v) is 8.65. The lowest BCUT2D eigenvalue weighted by molar-refractivity contribution is -0.124. The zero-order chi connectivity index (χ0) is 26.0. The third kappa shape index (κ3) is 4.87. The molecule has 0 radical (unpaired) electrons. The Kier molecular flexibility index (Phi) is 7.02. The summed E-state index contributed by atoms with van der Waals surface area (Å²) in [5, 5.41) is 6.68. The van der Waals surface area contributed by atoms with Crippen molar-refractivity contribution in [2.24, 2.45) is 22.6 Å². The van der Waals surface area contributed by atoms with Gasteiger partial charge in [0.15, 0.2) is 17.5 Å². The van der Waals surface area contributed by atoms with Gasteiger partial charge < -0.3 is 35.6 Å². The fraction of sp³-hybridized carbons (Fsp3) is 0.517. The van der Waals surface area contributed by atoms with Crippen molar-refractivity contribution in [3.05, 3.63) is 48.5 Å². The number of ether oxygens (including phenoxy) is 2. The first-order valence-corrected chi connectivity index (χ1v) is 13.9. The van der Waals surface area contributed by atoms with Crippen LogP contribution >= 0.6 is 0 Å². The minimum atomic E-state index is -0.528. The largest absolute Gasteiger partial charge is 0.454 e. The number of rotatable bonds is 5. The van der Waals surface area contributed by atoms with E-state index < -0.39 is 5.54 Å². The summed E-state index contributed by atoms with van der Waals surface area (Å²) in [5.41, 5.74) is 7.46. The summed E-state index contributed by atoms with van der Waals surface area (Å²) in [6.07, 6.45) is 6.26. The molecule has 4 aliphatic rings. The number of amides is 1. The first-order valence-electron chi connectivity index (χ1n) is 13.9. The molecule has 0 aromatic heterocycles. The topological polar surface area (TPSA) is 104 Å². The Morgan fingerprint density at radius 1 is 1.08 bits per heavy atom. The number of likely N-dealkylation sites (tertiary alicyclic amines) is 1. The van der Waals surface area contributed by atoms with E-state index in [2.05, 4.69) is 32.6 Å². The van der Waals surface area contributed by atoms with E-state index in [1.165, 1.54) is 19.3 Å². The average molecular weight is 519 g/mol. The molecule has 2 atom stereocenters. The molecular weight excluding hydrogens is 480 g/mol. The van der Waals surface area contributed by atoms with Crippen LogP contribution in [-0.4, -0.2) is 61.9 Å². The quantitative estimate of drug-likeness (QED) is 0.412. The van der Waals surface area contributed by atoms with E-state index in [0.717, 1.165) is 74.3 Å². The number of nitrogens with zero attached hydrogens (tertiary/aromatic N) is 3. The smallest absolute Gasteiger partial charge is 0.247 e. The van der Waals surface area contributed by atoms with Crippen LogP contribution in [0.25, 0.3) is 0 Å². The lowest BCUT2D eigenvalue weighted by Crippen LogP contribution is -2.58. The lowest BCUT2D eigenvalue weighted by Gasteiger charge is -2.44. The summed E-state index contributed by atoms with van der Waals surface area (Å²) < 4.78 is 11.1. The highest BCUT2D eigenvalue weighted by atomic mass is 16.7. The fourth-order valence-corrected chi connectivity index (χ4v) is 6.44. The maximum Gasteiger partial charge on any atom is 0.247 e. The van der Waals surface area contributed by atoms with Crippen molar-refractivity contribution in [1.82, 2.24) is 10.2 Å². The van der Waals surface area contributed by atoms with Crippen LogP contribution in [0, 0.1) is 11.8 Å². The Hall–Kier alpha value is -3.46. The molecule has 1 amide bonds. The van der Waals surface area contributed by atoms with Gasteiger partial charge >= 0.3 is 0 Å². The first kappa shape index (κ1) is 24.9. The van der Waals surface area contributed by atoms with Crippen molar-refractivity contribution in [3.8, 4) is 11.5 Å². The number of benzene rings is 2. The molecule has 202 valence electrons. The van der Waals surface area contributed by atoms with Gasteiger partial charge in [0.1, 0.15) is 5.54 Å². The molecule has 2 aromatic carbocycles. The molecular formula is C29H38N6O3. The third-order valence-electron chi connectivity index (χ3n) is 8.65. The number of piperidine rings is 1. The van der Waals surface area contributed by atoms with Gasteiger partial charge in [0.25, 0.3) is 0 Å². The second kappa shape index (κ2) is 10.7. The highest BCUT2D eigenvalue weighted by Gasteiger charge is 2.50. The van der Waals surface area contributed by atoms with Gasteiger partial charge in [-0.2, -0.15) is 0 Å². The highest BCUT2D eigenvalue weighted by molar-refractivity contribution is 5.96. The van der Waals surface area contributed by atoms with Gasteiger partial charge in [0, 0.05) is 37.1 Å². The Morgan fingerprint density at radius 2 is 1.87 bits per heavy atom. The standard InChI is InChI=1S/C29H38N6O3/c30-17-21-5-4-6-22(15-21)18-31-28(33-23-9-10-25-26(16-23)38-20-37-25)34-13-11-29(12-14-34)27(36)32-19-35(29)24-7-2-1-3-8-24/h1-3,7-10,16,21-22H,4-6,11-15,17-20,30H2,(H,31,33)(H,32,36). The zero-order valence-corrected chi connectivity index (χ0v) is 21.9.